The molecular formula is C15H25N3O. The van der Waals surface area contributed by atoms with Crippen LogP contribution < -0.4 is 16.4 Å². The molecule has 1 rings (SSSR count). The molecule has 0 aliphatic heterocycles. The quantitative estimate of drug-likeness (QED) is 0.695. The van der Waals surface area contributed by atoms with Gasteiger partial charge in [-0.25, -0.2) is 0 Å². The van der Waals surface area contributed by atoms with E-state index in [1.165, 1.54) is 5.56 Å². The summed E-state index contributed by atoms with van der Waals surface area (Å²) >= 11 is 0. The van der Waals surface area contributed by atoms with Gasteiger partial charge in [-0.05, 0) is 23.1 Å². The molecule has 19 heavy (non-hydrogen) atoms. The van der Waals surface area contributed by atoms with Gasteiger partial charge in [0.1, 0.15) is 0 Å². The highest BCUT2D eigenvalue weighted by molar-refractivity contribution is 5.78. The Morgan fingerprint density at radius 2 is 2.05 bits per heavy atom. The number of nitrogens with two attached hydrogens (primary N) is 1. The summed E-state index contributed by atoms with van der Waals surface area (Å²) < 4.78 is 0. The van der Waals surface area contributed by atoms with Crippen molar-refractivity contribution in [3.63, 3.8) is 0 Å². The minimum Gasteiger partial charge on any atom is -0.351 e. The van der Waals surface area contributed by atoms with Crippen LogP contribution in [0.4, 0.5) is 0 Å². The Balaban J connectivity index is 2.58. The monoisotopic (exact) mass is 263 g/mol. The molecule has 1 aromatic carbocycles. The summed E-state index contributed by atoms with van der Waals surface area (Å²) in [6.45, 7) is 7.54. The van der Waals surface area contributed by atoms with E-state index < -0.39 is 0 Å². The van der Waals surface area contributed by atoms with Gasteiger partial charge in [0, 0.05) is 19.1 Å². The second-order valence-electron chi connectivity index (χ2n) is 4.97. The highest BCUT2D eigenvalue weighted by Crippen LogP contribution is 2.12. The molecule has 0 aliphatic rings. The highest BCUT2D eigenvalue weighted by atomic mass is 16.1. The van der Waals surface area contributed by atoms with Gasteiger partial charge < -0.3 is 16.4 Å². The topological polar surface area (TPSA) is 67.1 Å². The second-order valence-corrected chi connectivity index (χ2v) is 4.97. The van der Waals surface area contributed by atoms with Crippen molar-refractivity contribution in [1.29, 1.82) is 0 Å². The minimum absolute atomic E-state index is 0.0126. The Kier molecular flexibility index (Phi) is 6.53. The van der Waals surface area contributed by atoms with Gasteiger partial charge >= 0.3 is 0 Å². The number of nitrogens with one attached hydrogen (secondary N) is 2. The van der Waals surface area contributed by atoms with Gasteiger partial charge in [-0.15, -0.1) is 0 Å². The van der Waals surface area contributed by atoms with Crippen molar-refractivity contribution in [3.05, 3.63) is 34.9 Å². The summed E-state index contributed by atoms with van der Waals surface area (Å²) in [6.07, 6.45) is 0.987. The van der Waals surface area contributed by atoms with Crippen LogP contribution in [0.25, 0.3) is 0 Å². The standard InChI is InChI=1S/C15H25N3O/c1-4-12-5-6-13(8-16)14(7-12)9-18-15(19)10-17-11(2)3/h5-7,11,17H,4,8-10,16H2,1-3H3,(H,18,19). The zero-order valence-electron chi connectivity index (χ0n) is 12.1. The van der Waals surface area contributed by atoms with Gasteiger partial charge in [-0.1, -0.05) is 39.0 Å². The van der Waals surface area contributed by atoms with E-state index in [4.69, 9.17) is 5.73 Å². The third kappa shape index (κ3) is 5.41. The number of benzene rings is 1. The fourth-order valence-corrected chi connectivity index (χ4v) is 1.82. The zero-order valence-corrected chi connectivity index (χ0v) is 12.1. The molecular weight excluding hydrogens is 238 g/mol. The van der Waals surface area contributed by atoms with E-state index in [0.29, 0.717) is 25.7 Å². The van der Waals surface area contributed by atoms with Gasteiger partial charge in [0.15, 0.2) is 0 Å². The smallest absolute Gasteiger partial charge is 0.234 e. The van der Waals surface area contributed by atoms with Crippen molar-refractivity contribution in [2.24, 2.45) is 5.73 Å². The van der Waals surface area contributed by atoms with E-state index in [9.17, 15) is 4.79 Å². The van der Waals surface area contributed by atoms with Crippen molar-refractivity contribution < 1.29 is 4.79 Å². The van der Waals surface area contributed by atoms with E-state index in [2.05, 4.69) is 29.7 Å². The number of hydrogen-bond acceptors (Lipinski definition) is 3. The molecule has 0 bridgehead atoms. The SMILES string of the molecule is CCc1ccc(CN)c(CNC(=O)CNC(C)C)c1. The molecule has 0 unspecified atom stereocenters. The fourth-order valence-electron chi connectivity index (χ4n) is 1.82. The lowest BCUT2D eigenvalue weighted by Gasteiger charge is -2.12. The van der Waals surface area contributed by atoms with Crippen LogP contribution in [0.2, 0.25) is 0 Å². The molecule has 1 aromatic rings. The predicted octanol–water partition coefficient (Wildman–Crippen LogP) is 1.32. The second kappa shape index (κ2) is 7.92. The number of carbonyl (C=O) groups excluding carboxylic acids is 1. The summed E-state index contributed by atoms with van der Waals surface area (Å²) in [6, 6.07) is 6.58. The van der Waals surface area contributed by atoms with Crippen molar-refractivity contribution in [1.82, 2.24) is 10.6 Å². The average molecular weight is 263 g/mol. The third-order valence-corrected chi connectivity index (χ3v) is 3.05. The van der Waals surface area contributed by atoms with Crippen LogP contribution in [0.5, 0.6) is 0 Å². The van der Waals surface area contributed by atoms with Crippen LogP contribution in [0.1, 0.15) is 37.5 Å². The van der Waals surface area contributed by atoms with Gasteiger partial charge in [-0.3, -0.25) is 4.79 Å². The molecule has 0 saturated heterocycles. The molecule has 0 saturated carbocycles. The first-order valence-electron chi connectivity index (χ1n) is 6.87. The summed E-state index contributed by atoms with van der Waals surface area (Å²) in [5.74, 6) is 0.0126. The van der Waals surface area contributed by atoms with Crippen LogP contribution in [-0.2, 0) is 24.3 Å². The van der Waals surface area contributed by atoms with Crippen LogP contribution >= 0.6 is 0 Å². The first-order valence-corrected chi connectivity index (χ1v) is 6.87. The Morgan fingerprint density at radius 3 is 2.63 bits per heavy atom. The number of amides is 1. The third-order valence-electron chi connectivity index (χ3n) is 3.05. The van der Waals surface area contributed by atoms with E-state index >= 15 is 0 Å². The van der Waals surface area contributed by atoms with Crippen molar-refractivity contribution >= 4 is 5.91 Å². The molecule has 0 radical (unpaired) electrons. The average Bonchev–Trinajstić information content (AvgIpc) is 2.42. The van der Waals surface area contributed by atoms with E-state index in [0.717, 1.165) is 17.5 Å². The van der Waals surface area contributed by atoms with Crippen LogP contribution in [0.3, 0.4) is 0 Å². The first-order chi connectivity index (χ1) is 9.06. The summed E-state index contributed by atoms with van der Waals surface area (Å²) in [7, 11) is 0. The number of hydrogen-bond donors (Lipinski definition) is 3. The molecule has 106 valence electrons. The van der Waals surface area contributed by atoms with Crippen molar-refractivity contribution in [2.75, 3.05) is 6.54 Å². The molecule has 0 aliphatic carbocycles. The largest absolute Gasteiger partial charge is 0.351 e. The Hall–Kier alpha value is -1.39. The number of aryl methyl sites for hydroxylation is 1. The van der Waals surface area contributed by atoms with Gasteiger partial charge in [0.2, 0.25) is 5.91 Å². The van der Waals surface area contributed by atoms with Gasteiger partial charge in [-0.2, -0.15) is 0 Å². The molecule has 4 nitrogen and oxygen atoms in total. The maximum atomic E-state index is 11.7. The Bertz CT molecular complexity index is 416. The molecule has 0 fully saturated rings. The number of rotatable bonds is 7. The molecule has 0 spiro atoms. The maximum Gasteiger partial charge on any atom is 0.234 e. The van der Waals surface area contributed by atoms with E-state index in [1.54, 1.807) is 0 Å². The van der Waals surface area contributed by atoms with Gasteiger partial charge in [0.25, 0.3) is 0 Å². The predicted molar refractivity (Wildman–Crippen MR) is 78.7 cm³/mol. The van der Waals surface area contributed by atoms with E-state index in [1.807, 2.05) is 19.9 Å². The lowest BCUT2D eigenvalue weighted by molar-refractivity contribution is -0.120. The summed E-state index contributed by atoms with van der Waals surface area (Å²) in [4.78, 5) is 11.7. The summed E-state index contributed by atoms with van der Waals surface area (Å²) in [5, 5.41) is 6.02. The summed E-state index contributed by atoms with van der Waals surface area (Å²) in [5.41, 5.74) is 9.19. The lowest BCUT2D eigenvalue weighted by Crippen LogP contribution is -2.36. The highest BCUT2D eigenvalue weighted by Gasteiger charge is 2.06. The molecule has 0 atom stereocenters. The Labute approximate surface area is 115 Å². The molecule has 0 aromatic heterocycles. The molecule has 1 amide bonds. The zero-order chi connectivity index (χ0) is 14.3. The van der Waals surface area contributed by atoms with Crippen LogP contribution in [0.15, 0.2) is 18.2 Å². The fraction of sp³-hybridized carbons (Fsp3) is 0.533. The van der Waals surface area contributed by atoms with Crippen molar-refractivity contribution in [2.45, 2.75) is 46.3 Å². The van der Waals surface area contributed by atoms with E-state index in [-0.39, 0.29) is 5.91 Å². The Morgan fingerprint density at radius 1 is 1.32 bits per heavy atom. The number of carbonyl (C=O) groups is 1. The van der Waals surface area contributed by atoms with Crippen molar-refractivity contribution in [3.8, 4) is 0 Å². The molecule has 0 heterocycles. The normalized spacial score (nSPS) is 10.8. The molecule has 4 heteroatoms. The first kappa shape index (κ1) is 15.7. The van der Waals surface area contributed by atoms with Crippen LogP contribution in [0, 0.1) is 0 Å². The van der Waals surface area contributed by atoms with Crippen LogP contribution in [-0.4, -0.2) is 18.5 Å². The van der Waals surface area contributed by atoms with Gasteiger partial charge in [0.05, 0.1) is 6.54 Å². The maximum absolute atomic E-state index is 11.7. The minimum atomic E-state index is 0.0126. The lowest BCUT2D eigenvalue weighted by atomic mass is 10.0. The molecule has 4 N–H and O–H groups in total.